The van der Waals surface area contributed by atoms with E-state index in [1.807, 2.05) is 6.07 Å². The number of fused-ring (bicyclic) bond motifs is 2. The number of aromatic nitrogens is 2. The first-order valence-electron chi connectivity index (χ1n) is 25.7. The summed E-state index contributed by atoms with van der Waals surface area (Å²) in [6.07, 6.45) is 7.27. The van der Waals surface area contributed by atoms with E-state index in [1.165, 1.54) is 35.5 Å². The van der Waals surface area contributed by atoms with Gasteiger partial charge in [0.05, 0.1) is 16.7 Å². The Balaban J connectivity index is 0.810. The number of carbonyl (C=O) groups is 1. The van der Waals surface area contributed by atoms with Crippen molar-refractivity contribution in [2.24, 2.45) is 5.41 Å². The highest BCUT2D eigenvalue weighted by Crippen LogP contribution is 2.54. The molecular weight excluding hydrogens is 1010 g/mol. The second-order valence-corrected chi connectivity index (χ2v) is 22.7. The third-order valence-corrected chi connectivity index (χ3v) is 17.3. The Bertz CT molecular complexity index is 3300. The van der Waals surface area contributed by atoms with E-state index in [4.69, 9.17) is 18.9 Å². The minimum Gasteiger partial charge on any atom is -0.455 e. The average molecular weight is 1070 g/mol. The quantitative estimate of drug-likeness (QED) is 0.0650. The highest BCUT2D eigenvalue weighted by atomic mass is 32.2. The van der Waals surface area contributed by atoms with Crippen LogP contribution < -0.4 is 29.1 Å². The molecule has 6 aromatic rings. The number of alkyl halides is 1. The first-order chi connectivity index (χ1) is 36.5. The second-order valence-electron chi connectivity index (χ2n) is 21.1. The van der Waals surface area contributed by atoms with Crippen molar-refractivity contribution in [2.45, 2.75) is 87.5 Å². The van der Waals surface area contributed by atoms with Crippen LogP contribution in [0.25, 0.3) is 11.0 Å². The minimum absolute atomic E-state index is 0.0471. The first kappa shape index (κ1) is 51.2. The number of halogens is 3. The van der Waals surface area contributed by atoms with Crippen LogP contribution in [0.15, 0.2) is 96.2 Å². The number of nitro groups is 1. The van der Waals surface area contributed by atoms with Gasteiger partial charge in [0.1, 0.15) is 27.7 Å². The standard InChI is InChI=1S/C55H59F3N8O9S/c1-34(2)40-5-3-4-6-41(40)46-31-63(30-35-7-10-43(56)44(57)23-35)19-20-65(46)38-27-54(28-38)12-17-64(18-13-54)37-8-9-42(47(25-37)75-39-24-36-11-16-59-52(36)60-29-39)53(67)62-76(70,71)48-26-45(66(68)69)49(51-50(48)73-33-74-51)61-32-55(58)14-21-72-22-15-55/h3-11,16,23-26,29,34,38,46,61H,12-15,17-22,27-28,30-33H2,1-2H3,(H,59,60)(H,62,67). The maximum absolute atomic E-state index is 15.6. The van der Waals surface area contributed by atoms with Gasteiger partial charge in [-0.2, -0.15) is 0 Å². The van der Waals surface area contributed by atoms with E-state index >= 15 is 4.39 Å². The van der Waals surface area contributed by atoms with Crippen molar-refractivity contribution in [3.05, 3.63) is 135 Å². The van der Waals surface area contributed by atoms with Crippen LogP contribution in [-0.4, -0.2) is 110 Å². The predicted molar refractivity (Wildman–Crippen MR) is 277 cm³/mol. The van der Waals surface area contributed by atoms with Gasteiger partial charge in [0.25, 0.3) is 21.6 Å². The molecule has 17 nitrogen and oxygen atoms in total. The lowest BCUT2D eigenvalue weighted by Gasteiger charge is -2.58. The molecule has 3 saturated heterocycles. The van der Waals surface area contributed by atoms with E-state index in [1.54, 1.807) is 30.5 Å². The number of nitrogens with zero attached hydrogens (tertiary/aromatic N) is 5. The van der Waals surface area contributed by atoms with Crippen LogP contribution in [-0.2, 0) is 21.3 Å². The van der Waals surface area contributed by atoms with Crippen molar-refractivity contribution in [1.29, 1.82) is 0 Å². The molecule has 1 unspecified atom stereocenters. The molecule has 5 aliphatic rings. The van der Waals surface area contributed by atoms with Gasteiger partial charge in [-0.3, -0.25) is 24.7 Å². The van der Waals surface area contributed by atoms with E-state index in [-0.39, 0.29) is 78.3 Å². The molecule has 1 atom stereocenters. The third kappa shape index (κ3) is 10.2. The number of H-pyrrole nitrogens is 1. The number of ether oxygens (including phenoxy) is 4. The number of carbonyl (C=O) groups excluding carboxylic acids is 1. The molecule has 4 fully saturated rings. The number of nitrogens with one attached hydrogen (secondary N) is 3. The van der Waals surface area contributed by atoms with E-state index in [0.29, 0.717) is 24.2 Å². The number of amides is 1. The molecule has 4 aliphatic heterocycles. The molecule has 2 aromatic heterocycles. The van der Waals surface area contributed by atoms with E-state index in [0.717, 1.165) is 81.1 Å². The lowest BCUT2D eigenvalue weighted by atomic mass is 9.59. The average Bonchev–Trinajstić information content (AvgIpc) is 4.13. The Labute approximate surface area is 437 Å². The van der Waals surface area contributed by atoms with Gasteiger partial charge in [-0.1, -0.05) is 44.2 Å². The molecule has 3 N–H and O–H groups in total. The van der Waals surface area contributed by atoms with Gasteiger partial charge in [-0.25, -0.2) is 31.3 Å². The predicted octanol–water partition coefficient (Wildman–Crippen LogP) is 9.75. The van der Waals surface area contributed by atoms with Gasteiger partial charge in [0.2, 0.25) is 6.79 Å². The zero-order valence-electron chi connectivity index (χ0n) is 42.2. The molecule has 6 heterocycles. The first-order valence-corrected chi connectivity index (χ1v) is 27.2. The van der Waals surface area contributed by atoms with Crippen LogP contribution in [0, 0.1) is 27.2 Å². The van der Waals surface area contributed by atoms with Gasteiger partial charge in [-0.15, -0.1) is 0 Å². The molecule has 1 saturated carbocycles. The Morgan fingerprint density at radius 1 is 0.947 bits per heavy atom. The Hall–Kier alpha value is -6.94. The Morgan fingerprint density at radius 2 is 1.72 bits per heavy atom. The van der Waals surface area contributed by atoms with Crippen molar-refractivity contribution < 1.29 is 50.3 Å². The number of piperazine rings is 1. The zero-order chi connectivity index (χ0) is 52.9. The molecule has 21 heteroatoms. The summed E-state index contributed by atoms with van der Waals surface area (Å²) in [5, 5.41) is 16.0. The number of piperidine rings is 1. The van der Waals surface area contributed by atoms with E-state index < -0.39 is 55.5 Å². The normalized spacial score (nSPS) is 19.7. The van der Waals surface area contributed by atoms with Crippen molar-refractivity contribution in [3.63, 3.8) is 0 Å². The number of benzene rings is 4. The van der Waals surface area contributed by atoms with E-state index in [2.05, 4.69) is 72.8 Å². The molecular formula is C55H59F3N8O9S. The molecule has 1 amide bonds. The molecule has 76 heavy (non-hydrogen) atoms. The number of hydrogen-bond donors (Lipinski definition) is 3. The third-order valence-electron chi connectivity index (χ3n) is 16.0. The summed E-state index contributed by atoms with van der Waals surface area (Å²) in [4.78, 5) is 39.9. The van der Waals surface area contributed by atoms with Crippen LogP contribution in [0.5, 0.6) is 23.0 Å². The lowest BCUT2D eigenvalue weighted by Crippen LogP contribution is -2.60. The summed E-state index contributed by atoms with van der Waals surface area (Å²) in [5.41, 5.74) is 2.02. The number of aromatic amines is 1. The van der Waals surface area contributed by atoms with Crippen molar-refractivity contribution in [2.75, 3.05) is 69.5 Å². The number of nitro benzene ring substituents is 1. The number of anilines is 2. The van der Waals surface area contributed by atoms with Crippen molar-refractivity contribution in [3.8, 4) is 23.0 Å². The Kier molecular flexibility index (Phi) is 13.8. The van der Waals surface area contributed by atoms with Gasteiger partial charge >= 0.3 is 0 Å². The topological polar surface area (TPSA) is 194 Å². The molecule has 0 radical (unpaired) electrons. The monoisotopic (exact) mass is 1060 g/mol. The fourth-order valence-electron chi connectivity index (χ4n) is 11.8. The smallest absolute Gasteiger partial charge is 0.297 e. The number of sulfonamides is 1. The maximum Gasteiger partial charge on any atom is 0.297 e. The number of hydrogen-bond acceptors (Lipinski definition) is 14. The van der Waals surface area contributed by atoms with E-state index in [9.17, 15) is 32.1 Å². The summed E-state index contributed by atoms with van der Waals surface area (Å²) in [5.74, 6) is -2.78. The van der Waals surface area contributed by atoms with Crippen LogP contribution in [0.1, 0.15) is 91.4 Å². The summed E-state index contributed by atoms with van der Waals surface area (Å²) in [7, 11) is -4.90. The fraction of sp³-hybridized carbons (Fsp3) is 0.418. The maximum atomic E-state index is 15.6. The highest BCUT2D eigenvalue weighted by Gasteiger charge is 2.50. The largest absolute Gasteiger partial charge is 0.455 e. The molecule has 11 rings (SSSR count). The summed E-state index contributed by atoms with van der Waals surface area (Å²) < 4.78 is 96.9. The van der Waals surface area contributed by atoms with Crippen molar-refractivity contribution >= 4 is 44.0 Å². The summed E-state index contributed by atoms with van der Waals surface area (Å²) in [6.45, 7) is 8.35. The van der Waals surface area contributed by atoms with Gasteiger partial charge in [-0.05, 0) is 90.1 Å². The highest BCUT2D eigenvalue weighted by molar-refractivity contribution is 7.90. The minimum atomic E-state index is -4.90. The SMILES string of the molecule is CC(C)c1ccccc1C1CN(Cc2ccc(F)c(F)c2)CCN1C1CC2(CCN(c3ccc(C(=O)NS(=O)(=O)c4cc([N+](=O)[O-])c(NCC5(F)CCOCC5)c5c4OCO5)c(Oc4cnc5[nH]ccc5c4)c3)CC2)C1. The number of pyridine rings is 1. The lowest BCUT2D eigenvalue weighted by molar-refractivity contribution is -0.384. The van der Waals surface area contributed by atoms with Gasteiger partial charge in [0, 0.05) is 113 Å². The summed E-state index contributed by atoms with van der Waals surface area (Å²) in [6, 6.07) is 22.6. The molecule has 0 bridgehead atoms. The van der Waals surface area contributed by atoms with Crippen LogP contribution in [0.3, 0.4) is 0 Å². The van der Waals surface area contributed by atoms with Crippen LogP contribution in [0.2, 0.25) is 0 Å². The zero-order valence-corrected chi connectivity index (χ0v) is 43.0. The van der Waals surface area contributed by atoms with Gasteiger partial charge < -0.3 is 34.1 Å². The molecule has 1 spiro atoms. The number of rotatable bonds is 15. The second kappa shape index (κ2) is 20.5. The molecule has 4 aromatic carbocycles. The summed E-state index contributed by atoms with van der Waals surface area (Å²) >= 11 is 0. The Morgan fingerprint density at radius 3 is 2.49 bits per heavy atom. The van der Waals surface area contributed by atoms with Gasteiger partial charge in [0.15, 0.2) is 28.8 Å². The van der Waals surface area contributed by atoms with Crippen LogP contribution >= 0.6 is 0 Å². The molecule has 1 aliphatic carbocycles. The molecule has 400 valence electrons. The fourth-order valence-corrected chi connectivity index (χ4v) is 12.9. The van der Waals surface area contributed by atoms with Crippen molar-refractivity contribution in [1.82, 2.24) is 24.5 Å². The van der Waals surface area contributed by atoms with Crippen LogP contribution in [0.4, 0.5) is 30.2 Å².